The molecule has 0 aliphatic heterocycles. The SMILES string of the molecule is CC1=C(C)C(C(=O)O)=C(O)C(C/C=C(\C)CN(C)CCPO)=CC1. The van der Waals surface area contributed by atoms with E-state index in [4.69, 9.17) is 4.89 Å². The van der Waals surface area contributed by atoms with Gasteiger partial charge in [0.05, 0.1) is 0 Å². The lowest BCUT2D eigenvalue weighted by Crippen LogP contribution is -2.22. The van der Waals surface area contributed by atoms with Crippen molar-refractivity contribution in [2.75, 3.05) is 26.3 Å². The monoisotopic (exact) mass is 353 g/mol. The fraction of sp³-hybridized carbons (Fsp3) is 0.500. The number of carboxylic acids is 1. The zero-order chi connectivity index (χ0) is 18.3. The van der Waals surface area contributed by atoms with Gasteiger partial charge in [-0.2, -0.15) is 0 Å². The maximum absolute atomic E-state index is 11.5. The number of carboxylic acid groups (broad SMARTS) is 1. The Morgan fingerprint density at radius 3 is 2.67 bits per heavy atom. The first-order valence-electron chi connectivity index (χ1n) is 8.01. The third-order valence-electron chi connectivity index (χ3n) is 4.22. The topological polar surface area (TPSA) is 81.0 Å². The molecule has 0 saturated carbocycles. The Kier molecular flexibility index (Phi) is 8.40. The molecule has 6 heteroatoms. The van der Waals surface area contributed by atoms with Crippen molar-refractivity contribution in [1.29, 1.82) is 0 Å². The summed E-state index contributed by atoms with van der Waals surface area (Å²) in [4.78, 5) is 22.5. The highest BCUT2D eigenvalue weighted by molar-refractivity contribution is 7.31. The summed E-state index contributed by atoms with van der Waals surface area (Å²) in [5.74, 6) is -1.22. The molecule has 0 saturated heterocycles. The van der Waals surface area contributed by atoms with Crippen molar-refractivity contribution >= 4 is 14.8 Å². The minimum Gasteiger partial charge on any atom is -0.507 e. The number of aliphatic carboxylic acids is 1. The van der Waals surface area contributed by atoms with Crippen LogP contribution < -0.4 is 0 Å². The summed E-state index contributed by atoms with van der Waals surface area (Å²) in [5, 5.41) is 19.8. The number of allylic oxidation sites excluding steroid dienone is 4. The second-order valence-corrected chi connectivity index (χ2v) is 7.08. The van der Waals surface area contributed by atoms with Gasteiger partial charge in [0.15, 0.2) is 0 Å². The summed E-state index contributed by atoms with van der Waals surface area (Å²) >= 11 is 0. The highest BCUT2D eigenvalue weighted by Gasteiger charge is 2.22. The van der Waals surface area contributed by atoms with E-state index >= 15 is 0 Å². The maximum atomic E-state index is 11.5. The van der Waals surface area contributed by atoms with Crippen molar-refractivity contribution in [2.24, 2.45) is 0 Å². The first kappa shape index (κ1) is 20.6. The van der Waals surface area contributed by atoms with Gasteiger partial charge in [-0.3, -0.25) is 0 Å². The van der Waals surface area contributed by atoms with E-state index in [0.29, 0.717) is 24.0 Å². The molecule has 0 amide bonds. The Bertz CT molecular complexity index is 602. The van der Waals surface area contributed by atoms with Crippen LogP contribution in [-0.2, 0) is 4.79 Å². The number of aliphatic hydroxyl groups is 1. The highest BCUT2D eigenvalue weighted by atomic mass is 31.1. The molecule has 5 nitrogen and oxygen atoms in total. The van der Waals surface area contributed by atoms with Gasteiger partial charge in [-0.05, 0) is 51.8 Å². The molecule has 3 N–H and O–H groups in total. The summed E-state index contributed by atoms with van der Waals surface area (Å²) in [5.41, 5.74) is 3.40. The average molecular weight is 353 g/mol. The van der Waals surface area contributed by atoms with E-state index in [2.05, 4.69) is 4.90 Å². The van der Waals surface area contributed by atoms with Crippen LogP contribution >= 0.6 is 8.81 Å². The molecule has 24 heavy (non-hydrogen) atoms. The molecule has 0 bridgehead atoms. The fourth-order valence-corrected chi connectivity index (χ4v) is 3.10. The Morgan fingerprint density at radius 1 is 1.42 bits per heavy atom. The number of hydrogen-bond donors (Lipinski definition) is 3. The van der Waals surface area contributed by atoms with E-state index in [1.54, 1.807) is 6.92 Å². The number of carbonyl (C=O) groups is 1. The van der Waals surface area contributed by atoms with E-state index in [-0.39, 0.29) is 20.1 Å². The molecular formula is C18H28NO4P. The molecule has 1 atom stereocenters. The predicted molar refractivity (Wildman–Crippen MR) is 99.6 cm³/mol. The summed E-state index contributed by atoms with van der Waals surface area (Å²) in [7, 11) is 1.97. The molecule has 0 radical (unpaired) electrons. The average Bonchev–Trinajstić information content (AvgIpc) is 2.61. The molecule has 0 spiro atoms. The van der Waals surface area contributed by atoms with Crippen molar-refractivity contribution in [3.05, 3.63) is 45.8 Å². The molecule has 1 rings (SSSR count). The molecule has 0 fully saturated rings. The van der Waals surface area contributed by atoms with E-state index in [1.807, 2.05) is 33.0 Å². The normalized spacial score (nSPS) is 17.1. The number of hydrogen-bond acceptors (Lipinski definition) is 4. The Morgan fingerprint density at radius 2 is 2.08 bits per heavy atom. The van der Waals surface area contributed by atoms with Gasteiger partial charge < -0.3 is 20.0 Å². The lowest BCUT2D eigenvalue weighted by atomic mass is 10.00. The maximum Gasteiger partial charge on any atom is 0.339 e. The van der Waals surface area contributed by atoms with Crippen LogP contribution in [0.4, 0.5) is 0 Å². The van der Waals surface area contributed by atoms with Crippen LogP contribution in [0.25, 0.3) is 0 Å². The van der Waals surface area contributed by atoms with E-state index in [0.717, 1.165) is 30.4 Å². The summed E-state index contributed by atoms with van der Waals surface area (Å²) < 4.78 is 0. The van der Waals surface area contributed by atoms with Gasteiger partial charge in [-0.15, -0.1) is 0 Å². The largest absolute Gasteiger partial charge is 0.507 e. The summed E-state index contributed by atoms with van der Waals surface area (Å²) in [6.07, 6.45) is 5.85. The number of aliphatic hydroxyl groups excluding tert-OH is 1. The number of nitrogens with zero attached hydrogens (tertiary/aromatic N) is 1. The van der Waals surface area contributed by atoms with Crippen molar-refractivity contribution in [1.82, 2.24) is 4.90 Å². The summed E-state index contributed by atoms with van der Waals surface area (Å²) in [6, 6.07) is 0. The lowest BCUT2D eigenvalue weighted by molar-refractivity contribution is -0.132. The zero-order valence-corrected chi connectivity index (χ0v) is 15.9. The molecule has 134 valence electrons. The fourth-order valence-electron chi connectivity index (χ4n) is 2.61. The highest BCUT2D eigenvalue weighted by Crippen LogP contribution is 2.29. The molecule has 1 aliphatic rings. The van der Waals surface area contributed by atoms with Crippen LogP contribution in [0.1, 0.15) is 33.6 Å². The van der Waals surface area contributed by atoms with Crippen molar-refractivity contribution in [3.63, 3.8) is 0 Å². The Labute approximate surface area is 145 Å². The van der Waals surface area contributed by atoms with Crippen molar-refractivity contribution < 1.29 is 19.9 Å². The van der Waals surface area contributed by atoms with Gasteiger partial charge in [0.25, 0.3) is 0 Å². The molecule has 0 aromatic heterocycles. The van der Waals surface area contributed by atoms with Crippen LogP contribution in [0.3, 0.4) is 0 Å². The molecule has 0 aromatic rings. The zero-order valence-electron chi connectivity index (χ0n) is 14.9. The van der Waals surface area contributed by atoms with Gasteiger partial charge in [-0.25, -0.2) is 4.79 Å². The van der Waals surface area contributed by atoms with E-state index < -0.39 is 5.97 Å². The third kappa shape index (κ3) is 5.90. The van der Waals surface area contributed by atoms with Gasteiger partial charge in [0, 0.05) is 28.1 Å². The van der Waals surface area contributed by atoms with Crippen LogP contribution in [0.2, 0.25) is 0 Å². The predicted octanol–water partition coefficient (Wildman–Crippen LogP) is 3.40. The summed E-state index contributed by atoms with van der Waals surface area (Å²) in [6.45, 7) is 7.26. The van der Waals surface area contributed by atoms with Crippen LogP contribution in [0.5, 0.6) is 0 Å². The van der Waals surface area contributed by atoms with Gasteiger partial charge in [0.2, 0.25) is 0 Å². The molecular weight excluding hydrogens is 325 g/mol. The minimum absolute atomic E-state index is 0.00311. The standard InChI is InChI=1S/C18H28NO4P/c1-12(11-19(4)9-10-24-23)5-7-15-8-6-13(2)14(3)16(17(15)20)18(21)22/h5,8,20,23-24H,6-7,9-11H2,1-4H3,(H,21,22)/b12-5+. The van der Waals surface area contributed by atoms with Crippen LogP contribution in [0.15, 0.2) is 45.8 Å². The molecule has 0 heterocycles. The third-order valence-corrected chi connectivity index (χ3v) is 4.67. The second kappa shape index (κ2) is 9.77. The minimum atomic E-state index is -1.09. The molecule has 0 aromatic carbocycles. The quantitative estimate of drug-likeness (QED) is 0.460. The van der Waals surface area contributed by atoms with Crippen LogP contribution in [0, 0.1) is 0 Å². The van der Waals surface area contributed by atoms with E-state index in [9.17, 15) is 15.0 Å². The van der Waals surface area contributed by atoms with Gasteiger partial charge >= 0.3 is 5.97 Å². The van der Waals surface area contributed by atoms with Gasteiger partial charge in [0.1, 0.15) is 11.3 Å². The Hall–Kier alpha value is -1.42. The lowest BCUT2D eigenvalue weighted by Gasteiger charge is -2.16. The molecule has 1 aliphatic carbocycles. The molecule has 1 unspecified atom stereocenters. The number of likely N-dealkylation sites (N-methyl/N-ethyl adjacent to an activating group) is 1. The second-order valence-electron chi connectivity index (χ2n) is 6.27. The Balaban J connectivity index is 2.87. The van der Waals surface area contributed by atoms with Crippen molar-refractivity contribution in [2.45, 2.75) is 33.6 Å². The first-order chi connectivity index (χ1) is 11.3. The van der Waals surface area contributed by atoms with Crippen LogP contribution in [-0.4, -0.2) is 52.3 Å². The van der Waals surface area contributed by atoms with Gasteiger partial charge in [-0.1, -0.05) is 23.3 Å². The van der Waals surface area contributed by atoms with Crippen molar-refractivity contribution in [3.8, 4) is 0 Å². The first-order valence-corrected chi connectivity index (χ1v) is 9.17. The number of rotatable bonds is 8. The smallest absolute Gasteiger partial charge is 0.339 e. The van der Waals surface area contributed by atoms with E-state index in [1.165, 1.54) is 0 Å².